The van der Waals surface area contributed by atoms with Crippen LogP contribution in [0, 0.1) is 0 Å². The van der Waals surface area contributed by atoms with Crippen molar-refractivity contribution in [3.63, 3.8) is 0 Å². The summed E-state index contributed by atoms with van der Waals surface area (Å²) in [5.41, 5.74) is 6.71. The summed E-state index contributed by atoms with van der Waals surface area (Å²) >= 11 is 0. The Morgan fingerprint density at radius 2 is 1.95 bits per heavy atom. The van der Waals surface area contributed by atoms with Gasteiger partial charge in [0.1, 0.15) is 0 Å². The van der Waals surface area contributed by atoms with Crippen molar-refractivity contribution in [1.29, 1.82) is 0 Å². The normalized spacial score (nSPS) is 19.6. The molecule has 6 heteroatoms. The molecule has 0 aliphatic carbocycles. The molecule has 20 heavy (non-hydrogen) atoms. The molecule has 2 rings (SSSR count). The van der Waals surface area contributed by atoms with Crippen LogP contribution in [-0.2, 0) is 0 Å². The molecular weight excluding hydrogens is 256 g/mol. The average Bonchev–Trinajstić information content (AvgIpc) is 2.96. The van der Waals surface area contributed by atoms with Crippen molar-refractivity contribution in [3.8, 4) is 0 Å². The van der Waals surface area contributed by atoms with Crippen molar-refractivity contribution in [2.75, 3.05) is 27.2 Å². The highest BCUT2D eigenvalue weighted by Gasteiger charge is 2.27. The molecule has 0 saturated carbocycles. The number of nitrogens with zero attached hydrogens (tertiary/aromatic N) is 3. The summed E-state index contributed by atoms with van der Waals surface area (Å²) in [7, 11) is 4.06. The molecule has 1 unspecified atom stereocenters. The standard InChI is InChI=1S/C14H20N4O2/c1-17(2)12-7-8-18(9-12)14(19)11-5-3-10(4-6-11)13(15)16-20/h3-6,12,20H,7-9H2,1-2H3,(H2,15,16). The number of oxime groups is 1. The van der Waals surface area contributed by atoms with Gasteiger partial charge < -0.3 is 20.7 Å². The monoisotopic (exact) mass is 276 g/mol. The minimum atomic E-state index is 0.0282. The Hall–Kier alpha value is -2.08. The highest BCUT2D eigenvalue weighted by Crippen LogP contribution is 2.16. The van der Waals surface area contributed by atoms with Gasteiger partial charge in [0.2, 0.25) is 0 Å². The van der Waals surface area contributed by atoms with Gasteiger partial charge in [-0.3, -0.25) is 4.79 Å². The fourth-order valence-corrected chi connectivity index (χ4v) is 2.37. The minimum absolute atomic E-state index is 0.0282. The summed E-state index contributed by atoms with van der Waals surface area (Å²) < 4.78 is 0. The number of rotatable bonds is 3. The van der Waals surface area contributed by atoms with E-state index in [0.29, 0.717) is 17.2 Å². The number of likely N-dealkylation sites (N-methyl/N-ethyl adjacent to an activating group) is 1. The molecule has 1 saturated heterocycles. The van der Waals surface area contributed by atoms with Crippen molar-refractivity contribution < 1.29 is 10.0 Å². The van der Waals surface area contributed by atoms with E-state index in [9.17, 15) is 4.79 Å². The lowest BCUT2D eigenvalue weighted by Crippen LogP contribution is -2.34. The molecule has 0 spiro atoms. The second kappa shape index (κ2) is 5.92. The molecule has 1 atom stereocenters. The summed E-state index contributed by atoms with van der Waals surface area (Å²) in [5.74, 6) is 0.0678. The van der Waals surface area contributed by atoms with Gasteiger partial charge >= 0.3 is 0 Å². The molecule has 1 aliphatic rings. The highest BCUT2D eigenvalue weighted by atomic mass is 16.4. The van der Waals surface area contributed by atoms with Crippen LogP contribution in [0.25, 0.3) is 0 Å². The predicted molar refractivity (Wildman–Crippen MR) is 76.9 cm³/mol. The Kier molecular flexibility index (Phi) is 4.24. The second-order valence-corrected chi connectivity index (χ2v) is 5.22. The van der Waals surface area contributed by atoms with E-state index in [0.717, 1.165) is 19.5 Å². The van der Waals surface area contributed by atoms with Crippen molar-refractivity contribution in [2.45, 2.75) is 12.5 Å². The summed E-state index contributed by atoms with van der Waals surface area (Å²) in [6.07, 6.45) is 1.00. The van der Waals surface area contributed by atoms with Crippen molar-refractivity contribution in [1.82, 2.24) is 9.80 Å². The quantitative estimate of drug-likeness (QED) is 0.366. The van der Waals surface area contributed by atoms with Crippen molar-refractivity contribution >= 4 is 11.7 Å². The highest BCUT2D eigenvalue weighted by molar-refractivity contribution is 5.99. The summed E-state index contributed by atoms with van der Waals surface area (Å²) in [6.45, 7) is 1.54. The Morgan fingerprint density at radius 3 is 2.45 bits per heavy atom. The van der Waals surface area contributed by atoms with Crippen molar-refractivity contribution in [3.05, 3.63) is 35.4 Å². The molecule has 1 aliphatic heterocycles. The van der Waals surface area contributed by atoms with Gasteiger partial charge in [-0.05, 0) is 32.6 Å². The van der Waals surface area contributed by atoms with E-state index in [2.05, 4.69) is 10.1 Å². The lowest BCUT2D eigenvalue weighted by molar-refractivity contribution is 0.0783. The van der Waals surface area contributed by atoms with E-state index < -0.39 is 0 Å². The number of hydrogen-bond donors (Lipinski definition) is 2. The summed E-state index contributed by atoms with van der Waals surface area (Å²) in [5, 5.41) is 11.5. The summed E-state index contributed by atoms with van der Waals surface area (Å²) in [4.78, 5) is 16.4. The zero-order valence-electron chi connectivity index (χ0n) is 11.8. The fraction of sp³-hybridized carbons (Fsp3) is 0.429. The first-order chi connectivity index (χ1) is 9.52. The number of amidine groups is 1. The Morgan fingerprint density at radius 1 is 1.35 bits per heavy atom. The topological polar surface area (TPSA) is 82.2 Å². The minimum Gasteiger partial charge on any atom is -0.409 e. The Bertz CT molecular complexity index is 510. The maximum absolute atomic E-state index is 12.4. The van der Waals surface area contributed by atoms with Gasteiger partial charge in [-0.2, -0.15) is 0 Å². The molecule has 1 heterocycles. The zero-order chi connectivity index (χ0) is 14.7. The molecule has 0 bridgehead atoms. The van der Waals surface area contributed by atoms with E-state index in [1.165, 1.54) is 0 Å². The molecule has 6 nitrogen and oxygen atoms in total. The lowest BCUT2D eigenvalue weighted by atomic mass is 10.1. The smallest absolute Gasteiger partial charge is 0.253 e. The number of carbonyl (C=O) groups excluding carboxylic acids is 1. The van der Waals surface area contributed by atoms with E-state index in [1.54, 1.807) is 24.3 Å². The molecule has 108 valence electrons. The maximum Gasteiger partial charge on any atom is 0.253 e. The van der Waals surface area contributed by atoms with Crippen LogP contribution in [0.15, 0.2) is 29.4 Å². The van der Waals surface area contributed by atoms with Gasteiger partial charge in [0, 0.05) is 30.3 Å². The first kappa shape index (κ1) is 14.3. The number of likely N-dealkylation sites (tertiary alicyclic amines) is 1. The van der Waals surface area contributed by atoms with Gasteiger partial charge in [-0.25, -0.2) is 0 Å². The third-order valence-electron chi connectivity index (χ3n) is 3.72. The zero-order valence-corrected chi connectivity index (χ0v) is 11.8. The van der Waals surface area contributed by atoms with Crippen LogP contribution < -0.4 is 5.73 Å². The molecule has 1 aromatic carbocycles. The Labute approximate surface area is 118 Å². The number of amides is 1. The van der Waals surface area contributed by atoms with Crippen LogP contribution in [-0.4, -0.2) is 60.0 Å². The molecule has 1 aromatic rings. The van der Waals surface area contributed by atoms with Gasteiger partial charge in [0.25, 0.3) is 5.91 Å². The van der Waals surface area contributed by atoms with Crippen molar-refractivity contribution in [2.24, 2.45) is 10.9 Å². The first-order valence-corrected chi connectivity index (χ1v) is 6.56. The number of carbonyl (C=O) groups is 1. The van der Waals surface area contributed by atoms with Crippen LogP contribution in [0.3, 0.4) is 0 Å². The third kappa shape index (κ3) is 2.91. The molecule has 1 fully saturated rings. The first-order valence-electron chi connectivity index (χ1n) is 6.56. The van der Waals surface area contributed by atoms with Crippen LogP contribution in [0.1, 0.15) is 22.3 Å². The summed E-state index contributed by atoms with van der Waals surface area (Å²) in [6, 6.07) is 7.21. The van der Waals surface area contributed by atoms with Crippen LogP contribution in [0.2, 0.25) is 0 Å². The second-order valence-electron chi connectivity index (χ2n) is 5.22. The molecule has 0 radical (unpaired) electrons. The largest absolute Gasteiger partial charge is 0.409 e. The maximum atomic E-state index is 12.4. The molecule has 0 aromatic heterocycles. The number of benzene rings is 1. The molecular formula is C14H20N4O2. The van der Waals surface area contributed by atoms with Gasteiger partial charge in [0.05, 0.1) is 0 Å². The molecule has 3 N–H and O–H groups in total. The lowest BCUT2D eigenvalue weighted by Gasteiger charge is -2.20. The fourth-order valence-electron chi connectivity index (χ4n) is 2.37. The van der Waals surface area contributed by atoms with E-state index in [4.69, 9.17) is 10.9 Å². The van der Waals surface area contributed by atoms with E-state index in [1.807, 2.05) is 19.0 Å². The molecule has 1 amide bonds. The third-order valence-corrected chi connectivity index (χ3v) is 3.72. The van der Waals surface area contributed by atoms with Crippen LogP contribution in [0.5, 0.6) is 0 Å². The number of nitrogens with two attached hydrogens (primary N) is 1. The van der Waals surface area contributed by atoms with E-state index in [-0.39, 0.29) is 11.7 Å². The van der Waals surface area contributed by atoms with Gasteiger partial charge in [0.15, 0.2) is 5.84 Å². The average molecular weight is 276 g/mol. The van der Waals surface area contributed by atoms with Crippen LogP contribution in [0.4, 0.5) is 0 Å². The van der Waals surface area contributed by atoms with Crippen LogP contribution >= 0.6 is 0 Å². The Balaban J connectivity index is 2.07. The van der Waals surface area contributed by atoms with E-state index >= 15 is 0 Å². The predicted octanol–water partition coefficient (Wildman–Crippen LogP) is 0.557. The number of hydrogen-bond acceptors (Lipinski definition) is 4. The van der Waals surface area contributed by atoms with Gasteiger partial charge in [-0.15, -0.1) is 0 Å². The SMILES string of the molecule is CN(C)C1CCN(C(=O)c2ccc(C(N)=NO)cc2)C1. The van der Waals surface area contributed by atoms with Gasteiger partial charge in [-0.1, -0.05) is 17.3 Å².